The lowest BCUT2D eigenvalue weighted by atomic mass is 9.95. The summed E-state index contributed by atoms with van der Waals surface area (Å²) >= 11 is 6.35. The molecule has 22 heavy (non-hydrogen) atoms. The lowest BCUT2D eigenvalue weighted by molar-refractivity contribution is -0.144. The molecule has 5 heteroatoms. The number of alkyl halides is 1. The van der Waals surface area contributed by atoms with Gasteiger partial charge in [-0.15, -0.1) is 0 Å². The van der Waals surface area contributed by atoms with Gasteiger partial charge in [-0.05, 0) is 19.1 Å². The second kappa shape index (κ2) is 6.62. The number of carboxylic acid groups (broad SMARTS) is 1. The fraction of sp³-hybridized carbons (Fsp3) is 0.176. The van der Waals surface area contributed by atoms with Crippen LogP contribution in [0.4, 0.5) is 0 Å². The first-order valence-corrected chi connectivity index (χ1v) is 7.08. The molecule has 1 N–H and O–H groups in total. The van der Waals surface area contributed by atoms with Crippen LogP contribution in [0.2, 0.25) is 0 Å². The number of benzene rings is 2. The van der Waals surface area contributed by atoms with E-state index in [9.17, 15) is 14.7 Å². The molecule has 4 nitrogen and oxygen atoms in total. The van der Waals surface area contributed by atoms with E-state index >= 15 is 0 Å². The number of aliphatic carboxylic acids is 1. The van der Waals surface area contributed by atoms with Crippen LogP contribution in [-0.2, 0) is 4.79 Å². The maximum atomic E-state index is 12.7. The third-order valence-corrected chi connectivity index (χ3v) is 3.86. The molecule has 114 valence electrons. The maximum Gasteiger partial charge on any atom is 0.312 e. The van der Waals surface area contributed by atoms with Gasteiger partial charge in [-0.1, -0.05) is 60.1 Å². The third kappa shape index (κ3) is 3.28. The van der Waals surface area contributed by atoms with Crippen LogP contribution in [0.15, 0.2) is 60.7 Å². The van der Waals surface area contributed by atoms with Crippen LogP contribution in [0.25, 0.3) is 0 Å². The van der Waals surface area contributed by atoms with Gasteiger partial charge in [0.1, 0.15) is 11.7 Å². The van der Waals surface area contributed by atoms with Crippen molar-refractivity contribution >= 4 is 23.4 Å². The summed E-state index contributed by atoms with van der Waals surface area (Å²) in [5, 5.41) is 7.26. The van der Waals surface area contributed by atoms with Gasteiger partial charge in [-0.25, -0.2) is 0 Å². The van der Waals surface area contributed by atoms with Gasteiger partial charge in [0, 0.05) is 5.56 Å². The minimum absolute atomic E-state index is 0.293. The Morgan fingerprint density at radius 3 is 2.05 bits per heavy atom. The molecule has 0 fully saturated rings. The summed E-state index contributed by atoms with van der Waals surface area (Å²) in [4.78, 5) is 24.1. The van der Waals surface area contributed by atoms with Crippen molar-refractivity contribution < 1.29 is 19.4 Å². The van der Waals surface area contributed by atoms with Crippen molar-refractivity contribution in [2.24, 2.45) is 5.92 Å². The number of ether oxygens (including phenoxy) is 1. The molecule has 2 atom stereocenters. The molecule has 0 aliphatic carbocycles. The molecule has 0 spiro atoms. The maximum absolute atomic E-state index is 12.7. The van der Waals surface area contributed by atoms with E-state index in [1.54, 1.807) is 60.7 Å². The first-order chi connectivity index (χ1) is 10.4. The Kier molecular flexibility index (Phi) is 4.83. The standard InChI is InChI=1S/C17H15ClO4/c1-12(16(20)21)17(18,22-14-10-6-3-7-11-14)15(19)13-8-4-2-5-9-13/h2-12H,1H3,(H,20,21). The van der Waals surface area contributed by atoms with Gasteiger partial charge in [0.25, 0.3) is 5.06 Å². The quantitative estimate of drug-likeness (QED) is 0.653. The van der Waals surface area contributed by atoms with Crippen LogP contribution in [0.5, 0.6) is 5.75 Å². The first kappa shape index (κ1) is 16.0. The third-order valence-electron chi connectivity index (χ3n) is 3.28. The van der Waals surface area contributed by atoms with Gasteiger partial charge >= 0.3 is 5.97 Å². The summed E-state index contributed by atoms with van der Waals surface area (Å²) in [5.74, 6) is -2.71. The SMILES string of the molecule is CC(C(=O)O)C(Cl)(Oc1ccccc1)C(=O)c1ccccc1. The van der Waals surface area contributed by atoms with E-state index in [2.05, 4.69) is 0 Å². The molecule has 0 saturated heterocycles. The van der Waals surface area contributed by atoms with E-state index < -0.39 is 22.7 Å². The molecule has 2 aromatic carbocycles. The van der Waals surface area contributed by atoms with Crippen LogP contribution in [0, 0.1) is 5.92 Å². The Morgan fingerprint density at radius 2 is 1.55 bits per heavy atom. The summed E-state index contributed by atoms with van der Waals surface area (Å²) in [6, 6.07) is 16.7. The smallest absolute Gasteiger partial charge is 0.312 e. The Labute approximate surface area is 133 Å². The van der Waals surface area contributed by atoms with Crippen molar-refractivity contribution in [2.75, 3.05) is 0 Å². The Hall–Kier alpha value is -2.33. The van der Waals surface area contributed by atoms with Gasteiger partial charge in [0.15, 0.2) is 0 Å². The summed E-state index contributed by atoms with van der Waals surface area (Å²) in [5.41, 5.74) is 0.293. The summed E-state index contributed by atoms with van der Waals surface area (Å²) in [6.07, 6.45) is 0. The zero-order valence-corrected chi connectivity index (χ0v) is 12.7. The zero-order chi connectivity index (χ0) is 16.2. The lowest BCUT2D eigenvalue weighted by Gasteiger charge is -2.30. The first-order valence-electron chi connectivity index (χ1n) is 6.71. The zero-order valence-electron chi connectivity index (χ0n) is 11.9. The number of carbonyl (C=O) groups is 2. The number of hydrogen-bond acceptors (Lipinski definition) is 3. The van der Waals surface area contributed by atoms with Gasteiger partial charge in [-0.3, -0.25) is 9.59 Å². The second-order valence-corrected chi connectivity index (χ2v) is 5.38. The number of ketones is 1. The van der Waals surface area contributed by atoms with Crippen molar-refractivity contribution in [3.8, 4) is 5.75 Å². The van der Waals surface area contributed by atoms with E-state index in [0.29, 0.717) is 11.3 Å². The highest BCUT2D eigenvalue weighted by atomic mass is 35.5. The Morgan fingerprint density at radius 1 is 1.05 bits per heavy atom. The molecular weight excluding hydrogens is 304 g/mol. The molecule has 0 radical (unpaired) electrons. The predicted octanol–water partition coefficient (Wildman–Crippen LogP) is 3.60. The molecule has 0 saturated carbocycles. The second-order valence-electron chi connectivity index (χ2n) is 4.82. The normalized spacial score (nSPS) is 14.6. The van der Waals surface area contributed by atoms with E-state index in [-0.39, 0.29) is 0 Å². The lowest BCUT2D eigenvalue weighted by Crippen LogP contribution is -2.48. The summed E-state index contributed by atoms with van der Waals surface area (Å²) in [7, 11) is 0. The largest absolute Gasteiger partial charge is 0.481 e. The van der Waals surface area contributed by atoms with Gasteiger partial charge in [-0.2, -0.15) is 0 Å². The van der Waals surface area contributed by atoms with Gasteiger partial charge in [0.05, 0.1) is 0 Å². The van der Waals surface area contributed by atoms with E-state index in [4.69, 9.17) is 16.3 Å². The highest BCUT2D eigenvalue weighted by Gasteiger charge is 2.48. The number of halogens is 1. The minimum atomic E-state index is -2.02. The summed E-state index contributed by atoms with van der Waals surface area (Å²) in [6.45, 7) is 1.35. The predicted molar refractivity (Wildman–Crippen MR) is 83.2 cm³/mol. The molecule has 0 aliphatic rings. The van der Waals surface area contributed by atoms with Crippen molar-refractivity contribution in [3.63, 3.8) is 0 Å². The van der Waals surface area contributed by atoms with Crippen LogP contribution in [0.1, 0.15) is 17.3 Å². The molecule has 0 aromatic heterocycles. The molecule has 0 heterocycles. The number of carbonyl (C=O) groups excluding carboxylic acids is 1. The topological polar surface area (TPSA) is 63.6 Å². The highest BCUT2D eigenvalue weighted by Crippen LogP contribution is 2.33. The average Bonchev–Trinajstić information content (AvgIpc) is 2.55. The summed E-state index contributed by atoms with van der Waals surface area (Å²) < 4.78 is 5.58. The Balaban J connectivity index is 2.42. The van der Waals surface area contributed by atoms with Crippen molar-refractivity contribution in [3.05, 3.63) is 66.2 Å². The van der Waals surface area contributed by atoms with Gasteiger partial charge in [0.2, 0.25) is 5.78 Å². The average molecular weight is 319 g/mol. The fourth-order valence-corrected chi connectivity index (χ4v) is 2.23. The number of carboxylic acids is 1. The van der Waals surface area contributed by atoms with Crippen LogP contribution in [-0.4, -0.2) is 21.9 Å². The van der Waals surface area contributed by atoms with Crippen LogP contribution in [0.3, 0.4) is 0 Å². The van der Waals surface area contributed by atoms with Crippen molar-refractivity contribution in [1.82, 2.24) is 0 Å². The van der Waals surface area contributed by atoms with E-state index in [1.165, 1.54) is 6.92 Å². The molecule has 2 unspecified atom stereocenters. The van der Waals surface area contributed by atoms with Gasteiger partial charge < -0.3 is 9.84 Å². The fourth-order valence-electron chi connectivity index (χ4n) is 1.94. The number of para-hydroxylation sites is 1. The molecular formula is C17H15ClO4. The number of rotatable bonds is 6. The van der Waals surface area contributed by atoms with E-state index in [1.807, 2.05) is 0 Å². The Bertz CT molecular complexity index is 657. The van der Waals surface area contributed by atoms with Crippen LogP contribution >= 0.6 is 11.6 Å². The van der Waals surface area contributed by atoms with E-state index in [0.717, 1.165) is 0 Å². The number of hydrogen-bond donors (Lipinski definition) is 1. The highest BCUT2D eigenvalue weighted by molar-refractivity contribution is 6.38. The van der Waals surface area contributed by atoms with Crippen LogP contribution < -0.4 is 4.74 Å². The molecule has 0 amide bonds. The molecule has 0 bridgehead atoms. The van der Waals surface area contributed by atoms with Crippen molar-refractivity contribution in [2.45, 2.75) is 12.0 Å². The minimum Gasteiger partial charge on any atom is -0.481 e. The van der Waals surface area contributed by atoms with Crippen molar-refractivity contribution in [1.29, 1.82) is 0 Å². The molecule has 2 aromatic rings. The monoisotopic (exact) mass is 318 g/mol. The molecule has 0 aliphatic heterocycles. The number of Topliss-reactive ketones (excluding diaryl/α,β-unsaturated/α-hetero) is 1. The molecule has 2 rings (SSSR count).